The Balaban J connectivity index is 1.83. The highest BCUT2D eigenvalue weighted by Gasteiger charge is 2.30. The van der Waals surface area contributed by atoms with Crippen molar-refractivity contribution in [3.8, 4) is 0 Å². The van der Waals surface area contributed by atoms with Crippen molar-refractivity contribution >= 4 is 27.4 Å². The monoisotopic (exact) mass is 352 g/mol. The lowest BCUT2D eigenvalue weighted by Crippen LogP contribution is -2.25. The summed E-state index contributed by atoms with van der Waals surface area (Å²) in [5.74, 6) is 2.58. The molecule has 4 nitrogen and oxygen atoms in total. The summed E-state index contributed by atoms with van der Waals surface area (Å²) >= 11 is 1.75. The number of aryl methyl sites for hydroxylation is 1. The standard InChI is InChI=1S/C20H24N4S/c1-13(2)11-15-12-25-20-18(15)19(22-14(3)23-20)24-10-6-8-17(24)16-7-4-5-9-21-16/h4-5,7,9,12-13,17H,6,8,10-11H2,1-3H3. The maximum absolute atomic E-state index is 4.89. The zero-order valence-corrected chi connectivity index (χ0v) is 15.9. The molecule has 0 aliphatic carbocycles. The van der Waals surface area contributed by atoms with Gasteiger partial charge in [0, 0.05) is 12.7 Å². The van der Waals surface area contributed by atoms with Crippen LogP contribution in [0.2, 0.25) is 0 Å². The number of pyridine rings is 1. The van der Waals surface area contributed by atoms with E-state index in [9.17, 15) is 0 Å². The van der Waals surface area contributed by atoms with E-state index in [-0.39, 0.29) is 0 Å². The van der Waals surface area contributed by atoms with E-state index in [0.717, 1.165) is 41.6 Å². The van der Waals surface area contributed by atoms with Gasteiger partial charge in [0.05, 0.1) is 17.1 Å². The summed E-state index contributed by atoms with van der Waals surface area (Å²) in [6.45, 7) is 7.57. The maximum atomic E-state index is 4.89. The Kier molecular flexibility index (Phi) is 4.42. The molecule has 3 aromatic heterocycles. The zero-order chi connectivity index (χ0) is 17.4. The third-order valence-corrected chi connectivity index (χ3v) is 5.71. The normalized spacial score (nSPS) is 17.8. The summed E-state index contributed by atoms with van der Waals surface area (Å²) in [6, 6.07) is 6.51. The minimum absolute atomic E-state index is 0.311. The Hall–Kier alpha value is -2.01. The van der Waals surface area contributed by atoms with Crippen molar-refractivity contribution in [2.24, 2.45) is 5.92 Å². The van der Waals surface area contributed by atoms with Crippen molar-refractivity contribution in [1.82, 2.24) is 15.0 Å². The molecule has 0 aromatic carbocycles. The second-order valence-electron chi connectivity index (χ2n) is 7.24. The van der Waals surface area contributed by atoms with E-state index >= 15 is 0 Å². The van der Waals surface area contributed by atoms with Crippen molar-refractivity contribution in [2.75, 3.05) is 11.4 Å². The first-order chi connectivity index (χ1) is 12.1. The zero-order valence-electron chi connectivity index (χ0n) is 15.1. The molecule has 1 atom stereocenters. The van der Waals surface area contributed by atoms with Gasteiger partial charge in [0.2, 0.25) is 0 Å². The Morgan fingerprint density at radius 2 is 2.16 bits per heavy atom. The lowest BCUT2D eigenvalue weighted by Gasteiger charge is -2.26. The van der Waals surface area contributed by atoms with Gasteiger partial charge in [0.1, 0.15) is 16.5 Å². The van der Waals surface area contributed by atoms with Crippen LogP contribution in [0.15, 0.2) is 29.8 Å². The molecule has 0 saturated carbocycles. The summed E-state index contributed by atoms with van der Waals surface area (Å²) < 4.78 is 0. The first-order valence-electron chi connectivity index (χ1n) is 9.05. The first-order valence-corrected chi connectivity index (χ1v) is 9.93. The highest BCUT2D eigenvalue weighted by atomic mass is 32.1. The third kappa shape index (κ3) is 3.13. The highest BCUT2D eigenvalue weighted by molar-refractivity contribution is 7.17. The number of fused-ring (bicyclic) bond motifs is 1. The molecule has 0 radical (unpaired) electrons. The highest BCUT2D eigenvalue weighted by Crippen LogP contribution is 2.40. The van der Waals surface area contributed by atoms with Crippen molar-refractivity contribution < 1.29 is 0 Å². The van der Waals surface area contributed by atoms with Gasteiger partial charge in [0.25, 0.3) is 0 Å². The fourth-order valence-electron chi connectivity index (χ4n) is 3.78. The average molecular weight is 353 g/mol. The summed E-state index contributed by atoms with van der Waals surface area (Å²) in [5, 5.41) is 3.53. The number of nitrogens with zero attached hydrogens (tertiary/aromatic N) is 4. The molecular weight excluding hydrogens is 328 g/mol. The maximum Gasteiger partial charge on any atom is 0.141 e. The molecule has 3 aromatic rings. The van der Waals surface area contributed by atoms with E-state index in [0.29, 0.717) is 12.0 Å². The number of hydrogen-bond donors (Lipinski definition) is 0. The van der Waals surface area contributed by atoms with Crippen molar-refractivity contribution in [1.29, 1.82) is 0 Å². The molecule has 1 saturated heterocycles. The first kappa shape index (κ1) is 16.5. The van der Waals surface area contributed by atoms with Gasteiger partial charge in [-0.25, -0.2) is 9.97 Å². The van der Waals surface area contributed by atoms with Crippen LogP contribution in [0, 0.1) is 12.8 Å². The van der Waals surface area contributed by atoms with E-state index < -0.39 is 0 Å². The average Bonchev–Trinajstić information content (AvgIpc) is 3.22. The topological polar surface area (TPSA) is 41.9 Å². The van der Waals surface area contributed by atoms with Gasteiger partial charge in [-0.2, -0.15) is 0 Å². The van der Waals surface area contributed by atoms with Gasteiger partial charge in [-0.05, 0) is 55.2 Å². The lowest BCUT2D eigenvalue weighted by atomic mass is 10.0. The molecule has 4 heterocycles. The summed E-state index contributed by atoms with van der Waals surface area (Å²) in [7, 11) is 0. The number of anilines is 1. The van der Waals surface area contributed by atoms with E-state index in [2.05, 4.69) is 41.2 Å². The van der Waals surface area contributed by atoms with Gasteiger partial charge in [-0.1, -0.05) is 19.9 Å². The summed E-state index contributed by atoms with van der Waals surface area (Å²) in [6.07, 6.45) is 5.27. The predicted octanol–water partition coefficient (Wildman–Crippen LogP) is 4.93. The van der Waals surface area contributed by atoms with Gasteiger partial charge < -0.3 is 4.90 Å². The summed E-state index contributed by atoms with van der Waals surface area (Å²) in [4.78, 5) is 17.8. The van der Waals surface area contributed by atoms with Gasteiger partial charge in [-0.15, -0.1) is 11.3 Å². The second-order valence-corrected chi connectivity index (χ2v) is 8.10. The smallest absolute Gasteiger partial charge is 0.141 e. The predicted molar refractivity (Wildman–Crippen MR) is 104 cm³/mol. The minimum Gasteiger partial charge on any atom is -0.347 e. The lowest BCUT2D eigenvalue weighted by molar-refractivity contribution is 0.650. The Morgan fingerprint density at radius 3 is 2.92 bits per heavy atom. The van der Waals surface area contributed by atoms with E-state index in [1.165, 1.54) is 17.4 Å². The molecule has 25 heavy (non-hydrogen) atoms. The second kappa shape index (κ2) is 6.71. The molecule has 0 amide bonds. The Bertz CT molecular complexity index is 872. The molecule has 0 spiro atoms. The largest absolute Gasteiger partial charge is 0.347 e. The van der Waals surface area contributed by atoms with Crippen LogP contribution in [0.25, 0.3) is 10.2 Å². The van der Waals surface area contributed by atoms with Crippen LogP contribution >= 0.6 is 11.3 Å². The van der Waals surface area contributed by atoms with Crippen molar-refractivity contribution in [2.45, 2.75) is 46.1 Å². The van der Waals surface area contributed by atoms with E-state index in [4.69, 9.17) is 9.97 Å². The number of aromatic nitrogens is 3. The molecule has 0 bridgehead atoms. The molecule has 5 heteroatoms. The Labute approximate surface area is 153 Å². The van der Waals surface area contributed by atoms with Crippen LogP contribution in [-0.2, 0) is 6.42 Å². The molecule has 1 unspecified atom stereocenters. The van der Waals surface area contributed by atoms with Crippen LogP contribution in [0.1, 0.15) is 49.8 Å². The molecule has 1 aliphatic heterocycles. The fraction of sp³-hybridized carbons (Fsp3) is 0.450. The SMILES string of the molecule is Cc1nc(N2CCCC2c2ccccn2)c2c(CC(C)C)csc2n1. The summed E-state index contributed by atoms with van der Waals surface area (Å²) in [5.41, 5.74) is 2.53. The van der Waals surface area contributed by atoms with Crippen molar-refractivity contribution in [3.63, 3.8) is 0 Å². The number of rotatable bonds is 4. The van der Waals surface area contributed by atoms with E-state index in [1.807, 2.05) is 19.2 Å². The molecule has 130 valence electrons. The molecule has 1 fully saturated rings. The fourth-order valence-corrected chi connectivity index (χ4v) is 4.78. The van der Waals surface area contributed by atoms with Crippen LogP contribution in [0.5, 0.6) is 0 Å². The van der Waals surface area contributed by atoms with Crippen LogP contribution in [-0.4, -0.2) is 21.5 Å². The Morgan fingerprint density at radius 1 is 1.28 bits per heavy atom. The third-order valence-electron chi connectivity index (χ3n) is 4.78. The number of hydrogen-bond acceptors (Lipinski definition) is 5. The van der Waals surface area contributed by atoms with Gasteiger partial charge in [0.15, 0.2) is 0 Å². The van der Waals surface area contributed by atoms with Gasteiger partial charge >= 0.3 is 0 Å². The quantitative estimate of drug-likeness (QED) is 0.667. The van der Waals surface area contributed by atoms with Crippen LogP contribution in [0.4, 0.5) is 5.82 Å². The number of thiophene rings is 1. The molecule has 4 rings (SSSR count). The minimum atomic E-state index is 0.311. The molecular formula is C20H24N4S. The van der Waals surface area contributed by atoms with Crippen LogP contribution in [0.3, 0.4) is 0 Å². The molecule has 1 aliphatic rings. The molecule has 0 N–H and O–H groups in total. The van der Waals surface area contributed by atoms with Gasteiger partial charge in [-0.3, -0.25) is 4.98 Å². The van der Waals surface area contributed by atoms with Crippen LogP contribution < -0.4 is 4.90 Å². The van der Waals surface area contributed by atoms with Crippen molar-refractivity contribution in [3.05, 3.63) is 46.9 Å². The van der Waals surface area contributed by atoms with E-state index in [1.54, 1.807) is 11.3 Å².